The lowest BCUT2D eigenvalue weighted by molar-refractivity contribution is -0.950. The molecule has 2 nitrogen and oxygen atoms in total. The van der Waals surface area contributed by atoms with E-state index in [1.807, 2.05) is 0 Å². The lowest BCUT2D eigenvalue weighted by Crippen LogP contribution is -2.57. The van der Waals surface area contributed by atoms with Crippen LogP contribution in [-0.2, 0) is 0 Å². The van der Waals surface area contributed by atoms with Crippen molar-refractivity contribution in [2.45, 2.75) is 53.0 Å². The SMILES string of the molecule is CCC[N+](CCC)(CCC)C(C)CO. The topological polar surface area (TPSA) is 20.2 Å². The van der Waals surface area contributed by atoms with Gasteiger partial charge in [-0.2, -0.15) is 0 Å². The second kappa shape index (κ2) is 7.24. The summed E-state index contributed by atoms with van der Waals surface area (Å²) in [7, 11) is 0. The molecule has 0 saturated heterocycles. The first kappa shape index (κ1) is 13.9. The third kappa shape index (κ3) is 3.58. The van der Waals surface area contributed by atoms with E-state index < -0.39 is 0 Å². The van der Waals surface area contributed by atoms with E-state index in [0.29, 0.717) is 12.6 Å². The van der Waals surface area contributed by atoms with Crippen LogP contribution in [0.5, 0.6) is 0 Å². The highest BCUT2D eigenvalue weighted by molar-refractivity contribution is 4.53. The van der Waals surface area contributed by atoms with Crippen molar-refractivity contribution >= 4 is 0 Å². The van der Waals surface area contributed by atoms with Gasteiger partial charge in [0.05, 0.1) is 26.2 Å². The Kier molecular flexibility index (Phi) is 7.20. The lowest BCUT2D eigenvalue weighted by atomic mass is 10.1. The van der Waals surface area contributed by atoms with Crippen molar-refractivity contribution in [3.8, 4) is 0 Å². The van der Waals surface area contributed by atoms with E-state index in [9.17, 15) is 5.11 Å². The van der Waals surface area contributed by atoms with E-state index >= 15 is 0 Å². The minimum Gasteiger partial charge on any atom is -0.390 e. The molecule has 0 aromatic carbocycles. The standard InChI is InChI=1S/C12H28NO/c1-5-8-13(9-6-2,10-7-3)12(4)11-14/h12,14H,5-11H2,1-4H3/q+1. The monoisotopic (exact) mass is 202 g/mol. The van der Waals surface area contributed by atoms with Gasteiger partial charge in [0.15, 0.2) is 0 Å². The van der Waals surface area contributed by atoms with E-state index in [4.69, 9.17) is 0 Å². The van der Waals surface area contributed by atoms with Gasteiger partial charge in [-0.25, -0.2) is 0 Å². The average molecular weight is 202 g/mol. The molecular weight excluding hydrogens is 174 g/mol. The molecule has 0 aromatic heterocycles. The van der Waals surface area contributed by atoms with E-state index in [-0.39, 0.29) is 0 Å². The molecule has 0 aliphatic heterocycles. The van der Waals surface area contributed by atoms with Gasteiger partial charge in [-0.15, -0.1) is 0 Å². The van der Waals surface area contributed by atoms with Gasteiger partial charge in [-0.05, 0) is 26.2 Å². The summed E-state index contributed by atoms with van der Waals surface area (Å²) in [6.45, 7) is 12.9. The molecule has 0 radical (unpaired) electrons. The van der Waals surface area contributed by atoms with Crippen LogP contribution in [0.4, 0.5) is 0 Å². The molecule has 1 unspecified atom stereocenters. The maximum Gasteiger partial charge on any atom is 0.110 e. The lowest BCUT2D eigenvalue weighted by Gasteiger charge is -2.43. The molecule has 0 aliphatic rings. The molecular formula is C12H28NO+. The van der Waals surface area contributed by atoms with Crippen molar-refractivity contribution in [1.29, 1.82) is 0 Å². The molecule has 0 saturated carbocycles. The molecule has 0 amide bonds. The highest BCUT2D eigenvalue weighted by Gasteiger charge is 2.30. The van der Waals surface area contributed by atoms with Crippen LogP contribution < -0.4 is 0 Å². The molecule has 0 aromatic rings. The summed E-state index contributed by atoms with van der Waals surface area (Å²) >= 11 is 0. The van der Waals surface area contributed by atoms with Crippen LogP contribution in [0.2, 0.25) is 0 Å². The number of hydrogen-bond donors (Lipinski definition) is 1. The third-order valence-corrected chi connectivity index (χ3v) is 3.21. The first-order valence-corrected chi connectivity index (χ1v) is 6.13. The molecule has 0 spiro atoms. The maximum atomic E-state index is 9.33. The van der Waals surface area contributed by atoms with Crippen LogP contribution in [0.15, 0.2) is 0 Å². The van der Waals surface area contributed by atoms with Crippen molar-refractivity contribution < 1.29 is 9.59 Å². The zero-order valence-corrected chi connectivity index (χ0v) is 10.4. The number of hydrogen-bond acceptors (Lipinski definition) is 1. The first-order valence-electron chi connectivity index (χ1n) is 6.13. The van der Waals surface area contributed by atoms with Gasteiger partial charge in [0.25, 0.3) is 0 Å². The normalized spacial score (nSPS) is 14.4. The van der Waals surface area contributed by atoms with Crippen molar-refractivity contribution in [3.05, 3.63) is 0 Å². The minimum absolute atomic E-state index is 0.319. The molecule has 0 fully saturated rings. The van der Waals surface area contributed by atoms with E-state index in [1.54, 1.807) is 0 Å². The van der Waals surface area contributed by atoms with E-state index in [0.717, 1.165) is 4.48 Å². The molecule has 0 aliphatic carbocycles. The van der Waals surface area contributed by atoms with Crippen molar-refractivity contribution in [2.24, 2.45) is 0 Å². The van der Waals surface area contributed by atoms with Crippen LogP contribution in [-0.4, -0.2) is 41.9 Å². The van der Waals surface area contributed by atoms with Crippen LogP contribution in [0, 0.1) is 0 Å². The number of rotatable bonds is 8. The van der Waals surface area contributed by atoms with Gasteiger partial charge in [-0.1, -0.05) is 20.8 Å². The van der Waals surface area contributed by atoms with Crippen LogP contribution in [0.25, 0.3) is 0 Å². The zero-order chi connectivity index (χ0) is 11.0. The number of nitrogens with zero attached hydrogens (tertiary/aromatic N) is 1. The second-order valence-electron chi connectivity index (χ2n) is 4.42. The minimum atomic E-state index is 0.319. The molecule has 1 atom stereocenters. The Morgan fingerprint density at radius 1 is 0.929 bits per heavy atom. The van der Waals surface area contributed by atoms with Gasteiger partial charge in [0.2, 0.25) is 0 Å². The number of aliphatic hydroxyl groups is 1. The second-order valence-corrected chi connectivity index (χ2v) is 4.42. The molecule has 14 heavy (non-hydrogen) atoms. The first-order chi connectivity index (χ1) is 6.66. The predicted molar refractivity (Wildman–Crippen MR) is 62.3 cm³/mol. The van der Waals surface area contributed by atoms with E-state index in [1.165, 1.54) is 38.9 Å². The van der Waals surface area contributed by atoms with Crippen LogP contribution in [0.1, 0.15) is 47.0 Å². The largest absolute Gasteiger partial charge is 0.390 e. The van der Waals surface area contributed by atoms with Gasteiger partial charge in [0.1, 0.15) is 6.04 Å². The fourth-order valence-corrected chi connectivity index (χ4v) is 2.51. The highest BCUT2D eigenvalue weighted by atomic mass is 16.3. The molecule has 0 rings (SSSR count). The van der Waals surface area contributed by atoms with Gasteiger partial charge in [-0.3, -0.25) is 0 Å². The smallest absolute Gasteiger partial charge is 0.110 e. The molecule has 0 heterocycles. The van der Waals surface area contributed by atoms with Crippen molar-refractivity contribution in [3.63, 3.8) is 0 Å². The quantitative estimate of drug-likeness (QED) is 0.599. The zero-order valence-electron chi connectivity index (χ0n) is 10.4. The third-order valence-electron chi connectivity index (χ3n) is 3.21. The molecule has 1 N–H and O–H groups in total. The fourth-order valence-electron chi connectivity index (χ4n) is 2.51. The fraction of sp³-hybridized carbons (Fsp3) is 1.00. The maximum absolute atomic E-state index is 9.33. The Bertz CT molecular complexity index is 119. The summed E-state index contributed by atoms with van der Waals surface area (Å²) < 4.78 is 1.11. The Hall–Kier alpha value is -0.0800. The number of aliphatic hydroxyl groups excluding tert-OH is 1. The van der Waals surface area contributed by atoms with Crippen LogP contribution >= 0.6 is 0 Å². The molecule has 86 valence electrons. The summed E-state index contributed by atoms with van der Waals surface area (Å²) in [5, 5.41) is 9.33. The summed E-state index contributed by atoms with van der Waals surface area (Å²) in [6.07, 6.45) is 3.64. The summed E-state index contributed by atoms with van der Waals surface area (Å²) in [4.78, 5) is 0. The molecule has 0 bridgehead atoms. The predicted octanol–water partition coefficient (Wildman–Crippen LogP) is 2.41. The molecule has 2 heteroatoms. The number of quaternary nitrogens is 1. The summed E-state index contributed by atoms with van der Waals surface area (Å²) in [5.74, 6) is 0. The van der Waals surface area contributed by atoms with Crippen molar-refractivity contribution in [2.75, 3.05) is 26.2 Å². The summed E-state index contributed by atoms with van der Waals surface area (Å²) in [5.41, 5.74) is 0. The Labute approximate surface area is 89.5 Å². The van der Waals surface area contributed by atoms with Gasteiger partial charge in [0, 0.05) is 0 Å². The van der Waals surface area contributed by atoms with Crippen molar-refractivity contribution in [1.82, 2.24) is 0 Å². The Balaban J connectivity index is 4.53. The Morgan fingerprint density at radius 3 is 1.50 bits per heavy atom. The van der Waals surface area contributed by atoms with Gasteiger partial charge >= 0.3 is 0 Å². The van der Waals surface area contributed by atoms with Crippen LogP contribution in [0.3, 0.4) is 0 Å². The Morgan fingerprint density at radius 2 is 1.29 bits per heavy atom. The van der Waals surface area contributed by atoms with E-state index in [2.05, 4.69) is 27.7 Å². The highest BCUT2D eigenvalue weighted by Crippen LogP contribution is 2.17. The van der Waals surface area contributed by atoms with Gasteiger partial charge < -0.3 is 9.59 Å². The average Bonchev–Trinajstić information content (AvgIpc) is 2.17. The summed E-state index contributed by atoms with van der Waals surface area (Å²) in [6, 6.07) is 0.398.